The molecule has 122 valence electrons. The summed E-state index contributed by atoms with van der Waals surface area (Å²) < 4.78 is 0. The Morgan fingerprint density at radius 2 is 2.00 bits per heavy atom. The second kappa shape index (κ2) is 7.10. The fourth-order valence-electron chi connectivity index (χ4n) is 2.64. The third kappa shape index (κ3) is 3.89. The van der Waals surface area contributed by atoms with Crippen LogP contribution in [-0.4, -0.2) is 52.8 Å². The Hall–Kier alpha value is -1.92. The topological polar surface area (TPSA) is 57.2 Å². The van der Waals surface area contributed by atoms with Crippen LogP contribution < -0.4 is 10.2 Å². The van der Waals surface area contributed by atoms with Crippen LogP contribution in [0.4, 0.5) is 17.5 Å². The molecule has 1 N–H and O–H groups in total. The average molecular weight is 333 g/mol. The standard InChI is InChI=1S/C16H21ClN6/c1-3-22-6-8-23(9-7-22)15-11-18-21-16(20-15)19-14-10-13(17)5-4-12(14)2/h4-5,10-11H,3,6-9H2,1-2H3,(H,19,20,21). The molecule has 3 rings (SSSR count). The van der Waals surface area contributed by atoms with Crippen molar-refractivity contribution in [1.82, 2.24) is 20.1 Å². The molecule has 0 atom stereocenters. The number of aryl methyl sites for hydroxylation is 1. The highest BCUT2D eigenvalue weighted by Crippen LogP contribution is 2.23. The molecule has 1 aliphatic rings. The summed E-state index contributed by atoms with van der Waals surface area (Å²) >= 11 is 6.05. The van der Waals surface area contributed by atoms with Gasteiger partial charge in [0.05, 0.1) is 6.20 Å². The fourth-order valence-corrected chi connectivity index (χ4v) is 2.81. The summed E-state index contributed by atoms with van der Waals surface area (Å²) in [4.78, 5) is 9.27. The summed E-state index contributed by atoms with van der Waals surface area (Å²) in [7, 11) is 0. The van der Waals surface area contributed by atoms with Crippen molar-refractivity contribution in [3.63, 3.8) is 0 Å². The normalized spacial score (nSPS) is 15.7. The second-order valence-corrected chi connectivity index (χ2v) is 6.08. The number of benzene rings is 1. The number of hydrogen-bond acceptors (Lipinski definition) is 6. The summed E-state index contributed by atoms with van der Waals surface area (Å²) in [5, 5.41) is 12.0. The van der Waals surface area contributed by atoms with E-state index >= 15 is 0 Å². The maximum Gasteiger partial charge on any atom is 0.249 e. The first-order valence-electron chi connectivity index (χ1n) is 7.86. The number of hydrogen-bond donors (Lipinski definition) is 1. The van der Waals surface area contributed by atoms with Crippen molar-refractivity contribution in [3.05, 3.63) is 35.0 Å². The number of piperazine rings is 1. The second-order valence-electron chi connectivity index (χ2n) is 5.64. The van der Waals surface area contributed by atoms with Crippen LogP contribution in [0.5, 0.6) is 0 Å². The van der Waals surface area contributed by atoms with E-state index in [1.165, 1.54) is 0 Å². The molecule has 2 aromatic rings. The lowest BCUT2D eigenvalue weighted by atomic mass is 10.2. The number of anilines is 3. The molecule has 0 amide bonds. The van der Waals surface area contributed by atoms with E-state index < -0.39 is 0 Å². The minimum atomic E-state index is 0.491. The lowest BCUT2D eigenvalue weighted by molar-refractivity contribution is 0.270. The van der Waals surface area contributed by atoms with Gasteiger partial charge in [-0.15, -0.1) is 5.10 Å². The number of rotatable bonds is 4. The first-order valence-corrected chi connectivity index (χ1v) is 8.23. The van der Waals surface area contributed by atoms with Gasteiger partial charge in [-0.25, -0.2) is 0 Å². The van der Waals surface area contributed by atoms with E-state index in [-0.39, 0.29) is 0 Å². The van der Waals surface area contributed by atoms with E-state index in [0.717, 1.165) is 49.8 Å². The zero-order chi connectivity index (χ0) is 16.2. The number of nitrogens with one attached hydrogen (secondary N) is 1. The smallest absolute Gasteiger partial charge is 0.249 e. The molecule has 0 saturated carbocycles. The molecule has 1 aliphatic heterocycles. The Kier molecular flexibility index (Phi) is 4.93. The molecule has 1 aromatic heterocycles. The van der Waals surface area contributed by atoms with E-state index in [9.17, 15) is 0 Å². The molecule has 6 nitrogen and oxygen atoms in total. The van der Waals surface area contributed by atoms with Crippen LogP contribution in [0.2, 0.25) is 5.02 Å². The third-order valence-corrected chi connectivity index (χ3v) is 4.37. The number of likely N-dealkylation sites (N-methyl/N-ethyl adjacent to an activating group) is 1. The number of nitrogens with zero attached hydrogens (tertiary/aromatic N) is 5. The quantitative estimate of drug-likeness (QED) is 0.929. The first kappa shape index (κ1) is 16.0. The lowest BCUT2D eigenvalue weighted by Gasteiger charge is -2.34. The van der Waals surface area contributed by atoms with Crippen LogP contribution in [0.1, 0.15) is 12.5 Å². The number of halogens is 1. The van der Waals surface area contributed by atoms with Gasteiger partial charge in [0.2, 0.25) is 5.95 Å². The maximum absolute atomic E-state index is 6.05. The summed E-state index contributed by atoms with van der Waals surface area (Å²) in [6.07, 6.45) is 1.72. The van der Waals surface area contributed by atoms with E-state index in [2.05, 4.69) is 37.2 Å². The maximum atomic E-state index is 6.05. The molecule has 0 aliphatic carbocycles. The first-order chi connectivity index (χ1) is 11.2. The average Bonchev–Trinajstić information content (AvgIpc) is 2.58. The molecule has 23 heavy (non-hydrogen) atoms. The van der Waals surface area contributed by atoms with Crippen molar-refractivity contribution in [3.8, 4) is 0 Å². The Labute approximate surface area is 141 Å². The molecular formula is C16H21ClN6. The van der Waals surface area contributed by atoms with Crippen LogP contribution in [0.3, 0.4) is 0 Å². The Bertz CT molecular complexity index is 669. The third-order valence-electron chi connectivity index (χ3n) is 4.14. The van der Waals surface area contributed by atoms with Crippen molar-refractivity contribution in [2.24, 2.45) is 0 Å². The van der Waals surface area contributed by atoms with Crippen molar-refractivity contribution >= 4 is 29.1 Å². The van der Waals surface area contributed by atoms with Crippen LogP contribution in [0, 0.1) is 6.92 Å². The highest BCUT2D eigenvalue weighted by molar-refractivity contribution is 6.30. The Balaban J connectivity index is 1.74. The van der Waals surface area contributed by atoms with Crippen LogP contribution in [0.15, 0.2) is 24.4 Å². The molecule has 1 saturated heterocycles. The molecule has 0 spiro atoms. The van der Waals surface area contributed by atoms with Gasteiger partial charge in [0, 0.05) is 36.9 Å². The van der Waals surface area contributed by atoms with Crippen molar-refractivity contribution in [2.45, 2.75) is 13.8 Å². The van der Waals surface area contributed by atoms with Gasteiger partial charge in [0.15, 0.2) is 5.82 Å². The van der Waals surface area contributed by atoms with Gasteiger partial charge in [0.25, 0.3) is 0 Å². The lowest BCUT2D eigenvalue weighted by Crippen LogP contribution is -2.46. The molecular weight excluding hydrogens is 312 g/mol. The van der Waals surface area contributed by atoms with Gasteiger partial charge in [-0.3, -0.25) is 0 Å². The SMILES string of the molecule is CCN1CCN(c2cnnc(Nc3cc(Cl)ccc3C)n2)CC1. The largest absolute Gasteiger partial charge is 0.353 e. The number of aromatic nitrogens is 3. The van der Waals surface area contributed by atoms with E-state index in [4.69, 9.17) is 11.6 Å². The van der Waals surface area contributed by atoms with E-state index in [0.29, 0.717) is 11.0 Å². The fraction of sp³-hybridized carbons (Fsp3) is 0.438. The van der Waals surface area contributed by atoms with Crippen LogP contribution in [-0.2, 0) is 0 Å². The van der Waals surface area contributed by atoms with Crippen molar-refractivity contribution < 1.29 is 0 Å². The molecule has 0 unspecified atom stereocenters. The Morgan fingerprint density at radius 3 is 2.74 bits per heavy atom. The van der Waals surface area contributed by atoms with Gasteiger partial charge in [0.1, 0.15) is 0 Å². The monoisotopic (exact) mass is 332 g/mol. The predicted molar refractivity (Wildman–Crippen MR) is 93.6 cm³/mol. The van der Waals surface area contributed by atoms with Gasteiger partial charge in [-0.05, 0) is 31.2 Å². The highest BCUT2D eigenvalue weighted by Gasteiger charge is 2.17. The van der Waals surface area contributed by atoms with Crippen LogP contribution in [0.25, 0.3) is 0 Å². The highest BCUT2D eigenvalue weighted by atomic mass is 35.5. The van der Waals surface area contributed by atoms with Crippen molar-refractivity contribution in [2.75, 3.05) is 42.9 Å². The molecule has 2 heterocycles. The van der Waals surface area contributed by atoms with Gasteiger partial charge >= 0.3 is 0 Å². The summed E-state index contributed by atoms with van der Waals surface area (Å²) in [5.74, 6) is 1.35. The van der Waals surface area contributed by atoms with Gasteiger partial charge in [-0.2, -0.15) is 10.1 Å². The van der Waals surface area contributed by atoms with Crippen LogP contribution >= 0.6 is 11.6 Å². The molecule has 7 heteroatoms. The molecule has 0 radical (unpaired) electrons. The zero-order valence-electron chi connectivity index (χ0n) is 13.5. The predicted octanol–water partition coefficient (Wildman–Crippen LogP) is 2.72. The van der Waals surface area contributed by atoms with Crippen molar-refractivity contribution in [1.29, 1.82) is 0 Å². The van der Waals surface area contributed by atoms with E-state index in [1.807, 2.05) is 25.1 Å². The zero-order valence-corrected chi connectivity index (χ0v) is 14.2. The summed E-state index contributed by atoms with van der Waals surface area (Å²) in [5.41, 5.74) is 1.98. The molecule has 1 aromatic carbocycles. The van der Waals surface area contributed by atoms with Gasteiger partial charge in [-0.1, -0.05) is 24.6 Å². The molecule has 0 bridgehead atoms. The minimum Gasteiger partial charge on any atom is -0.353 e. The summed E-state index contributed by atoms with van der Waals surface area (Å²) in [6.45, 7) is 9.32. The summed E-state index contributed by atoms with van der Waals surface area (Å²) in [6, 6.07) is 5.70. The van der Waals surface area contributed by atoms with Gasteiger partial charge < -0.3 is 15.1 Å². The minimum absolute atomic E-state index is 0.491. The molecule has 1 fully saturated rings. The Morgan fingerprint density at radius 1 is 1.22 bits per heavy atom. The van der Waals surface area contributed by atoms with E-state index in [1.54, 1.807) is 6.20 Å².